The van der Waals surface area contributed by atoms with Crippen molar-refractivity contribution in [2.24, 2.45) is 5.92 Å². The van der Waals surface area contributed by atoms with E-state index in [-0.39, 0.29) is 0 Å². The topological polar surface area (TPSA) is 33.6 Å². The molecule has 3 nitrogen and oxygen atoms in total. The number of rotatable bonds is 1. The lowest BCUT2D eigenvalue weighted by Gasteiger charge is -2.23. The third-order valence-electron chi connectivity index (χ3n) is 4.17. The fourth-order valence-corrected chi connectivity index (χ4v) is 3.51. The number of hydrogen-bond acceptors (Lipinski definition) is 2. The molecule has 1 saturated carbocycles. The summed E-state index contributed by atoms with van der Waals surface area (Å²) in [5.74, 6) is 0.700. The number of nitrogens with zero attached hydrogens (tertiary/aromatic N) is 2. The molecule has 0 radical (unpaired) electrons. The Hall–Kier alpha value is -1.16. The molecule has 2 atom stereocenters. The van der Waals surface area contributed by atoms with Crippen molar-refractivity contribution in [1.29, 1.82) is 0 Å². The highest BCUT2D eigenvalue weighted by Gasteiger charge is 2.23. The van der Waals surface area contributed by atoms with E-state index in [2.05, 4.69) is 27.5 Å². The summed E-state index contributed by atoms with van der Waals surface area (Å²) in [4.78, 5) is 7.44. The van der Waals surface area contributed by atoms with Crippen molar-refractivity contribution in [2.75, 3.05) is 0 Å². The summed E-state index contributed by atoms with van der Waals surface area (Å²) in [6.45, 7) is 2.36. The molecule has 0 bridgehead atoms. The smallest absolute Gasteiger partial charge is 0.178 e. The number of aromatic nitrogens is 3. The molecule has 2 heterocycles. The summed E-state index contributed by atoms with van der Waals surface area (Å²) in [6.07, 6.45) is 10.3. The lowest BCUT2D eigenvalue weighted by atomic mass is 9.96. The zero-order valence-electron chi connectivity index (χ0n) is 10.7. The van der Waals surface area contributed by atoms with E-state index in [9.17, 15) is 0 Å². The number of fused-ring (bicyclic) bond motifs is 1. The second-order valence-electron chi connectivity index (χ2n) is 5.38. The van der Waals surface area contributed by atoms with Crippen LogP contribution in [-0.4, -0.2) is 14.5 Å². The Labute approximate surface area is 112 Å². The minimum absolute atomic E-state index is 0.538. The monoisotopic (exact) mass is 261 g/mol. The average Bonchev–Trinajstić information content (AvgIpc) is 2.55. The van der Waals surface area contributed by atoms with Gasteiger partial charge in [0, 0.05) is 12.2 Å². The van der Waals surface area contributed by atoms with Crippen LogP contribution in [-0.2, 0) is 0 Å². The van der Waals surface area contributed by atoms with Crippen molar-refractivity contribution in [2.45, 2.75) is 45.1 Å². The molecule has 0 aromatic carbocycles. The van der Waals surface area contributed by atoms with Crippen LogP contribution in [0.25, 0.3) is 11.0 Å². The van der Waals surface area contributed by atoms with Crippen LogP contribution in [0, 0.1) is 10.7 Å². The summed E-state index contributed by atoms with van der Waals surface area (Å²) < 4.78 is 3.17. The van der Waals surface area contributed by atoms with Crippen molar-refractivity contribution in [1.82, 2.24) is 14.5 Å². The van der Waals surface area contributed by atoms with Crippen LogP contribution in [0.4, 0.5) is 0 Å². The van der Waals surface area contributed by atoms with E-state index in [1.54, 1.807) is 0 Å². The molecule has 2 aromatic rings. The number of hydrogen-bond donors (Lipinski definition) is 1. The Morgan fingerprint density at radius 2 is 2.17 bits per heavy atom. The standard InChI is InChI=1S/C14H19N3S/c1-10-5-3-2-4-6-12(10)17-13-7-8-15-9-11(13)16-14(17)18/h7-10,12H,2-6H2,1H3,(H,16,18). The Balaban J connectivity index is 2.12. The molecule has 0 spiro atoms. The van der Waals surface area contributed by atoms with Crippen LogP contribution >= 0.6 is 12.2 Å². The maximum atomic E-state index is 5.51. The molecule has 1 aliphatic rings. The molecule has 3 rings (SSSR count). The van der Waals surface area contributed by atoms with E-state index < -0.39 is 0 Å². The molecule has 1 aliphatic carbocycles. The Morgan fingerprint density at radius 3 is 3.06 bits per heavy atom. The van der Waals surface area contributed by atoms with Crippen LogP contribution in [0.15, 0.2) is 18.5 Å². The molecule has 0 saturated heterocycles. The zero-order chi connectivity index (χ0) is 12.5. The van der Waals surface area contributed by atoms with E-state index in [1.807, 2.05) is 12.4 Å². The summed E-state index contributed by atoms with van der Waals surface area (Å²) in [5.41, 5.74) is 2.26. The minimum Gasteiger partial charge on any atom is -0.329 e. The third-order valence-corrected chi connectivity index (χ3v) is 4.46. The lowest BCUT2D eigenvalue weighted by Crippen LogP contribution is -2.16. The molecule has 0 aliphatic heterocycles. The highest BCUT2D eigenvalue weighted by Crippen LogP contribution is 2.34. The summed E-state index contributed by atoms with van der Waals surface area (Å²) in [6, 6.07) is 2.61. The van der Waals surface area contributed by atoms with Crippen LogP contribution in [0.3, 0.4) is 0 Å². The largest absolute Gasteiger partial charge is 0.329 e. The van der Waals surface area contributed by atoms with E-state index in [4.69, 9.17) is 12.2 Å². The number of aromatic amines is 1. The predicted octanol–water partition coefficient (Wildman–Crippen LogP) is 4.24. The molecule has 1 N–H and O–H groups in total. The van der Waals surface area contributed by atoms with Gasteiger partial charge in [-0.2, -0.15) is 0 Å². The maximum Gasteiger partial charge on any atom is 0.178 e. The highest BCUT2D eigenvalue weighted by atomic mass is 32.1. The van der Waals surface area contributed by atoms with Gasteiger partial charge < -0.3 is 9.55 Å². The average molecular weight is 261 g/mol. The zero-order valence-corrected chi connectivity index (χ0v) is 11.5. The fraction of sp³-hybridized carbons (Fsp3) is 0.571. The van der Waals surface area contributed by atoms with Gasteiger partial charge in [-0.05, 0) is 37.0 Å². The first-order valence-corrected chi connectivity index (χ1v) is 7.22. The number of H-pyrrole nitrogens is 1. The molecular weight excluding hydrogens is 242 g/mol. The normalized spacial score (nSPS) is 25.2. The van der Waals surface area contributed by atoms with Gasteiger partial charge in [-0.15, -0.1) is 0 Å². The number of nitrogens with one attached hydrogen (secondary N) is 1. The van der Waals surface area contributed by atoms with E-state index in [0.717, 1.165) is 10.3 Å². The molecular formula is C14H19N3S. The first-order valence-electron chi connectivity index (χ1n) is 6.81. The highest BCUT2D eigenvalue weighted by molar-refractivity contribution is 7.71. The van der Waals surface area contributed by atoms with Gasteiger partial charge in [0.25, 0.3) is 0 Å². The second kappa shape index (κ2) is 4.84. The molecule has 2 aromatic heterocycles. The number of imidazole rings is 1. The molecule has 2 unspecified atom stereocenters. The van der Waals surface area contributed by atoms with E-state index in [1.165, 1.54) is 37.6 Å². The van der Waals surface area contributed by atoms with Gasteiger partial charge in [0.15, 0.2) is 4.77 Å². The maximum absolute atomic E-state index is 5.51. The SMILES string of the molecule is CC1CCCCCC1n1c(=S)[nH]c2cnccc21. The predicted molar refractivity (Wildman–Crippen MR) is 76.2 cm³/mol. The first kappa shape index (κ1) is 11.9. The second-order valence-corrected chi connectivity index (χ2v) is 5.76. The van der Waals surface area contributed by atoms with Crippen LogP contribution in [0.5, 0.6) is 0 Å². The first-order chi connectivity index (χ1) is 8.77. The molecule has 1 fully saturated rings. The molecule has 4 heteroatoms. The van der Waals surface area contributed by atoms with Gasteiger partial charge >= 0.3 is 0 Å². The van der Waals surface area contributed by atoms with Crippen molar-refractivity contribution in [3.05, 3.63) is 23.2 Å². The summed E-state index contributed by atoms with van der Waals surface area (Å²) >= 11 is 5.51. The van der Waals surface area contributed by atoms with Crippen molar-refractivity contribution in [3.8, 4) is 0 Å². The Morgan fingerprint density at radius 1 is 1.33 bits per heavy atom. The molecule has 96 valence electrons. The summed E-state index contributed by atoms with van der Waals surface area (Å²) in [7, 11) is 0. The van der Waals surface area contributed by atoms with E-state index >= 15 is 0 Å². The number of pyridine rings is 1. The van der Waals surface area contributed by atoms with Gasteiger partial charge in [0.05, 0.1) is 17.2 Å². The van der Waals surface area contributed by atoms with Gasteiger partial charge in [-0.3, -0.25) is 4.98 Å². The fourth-order valence-electron chi connectivity index (χ4n) is 3.16. The summed E-state index contributed by atoms with van der Waals surface area (Å²) in [5, 5.41) is 0. The molecule has 18 heavy (non-hydrogen) atoms. The third kappa shape index (κ3) is 1.99. The van der Waals surface area contributed by atoms with Crippen molar-refractivity contribution < 1.29 is 0 Å². The quantitative estimate of drug-likeness (QED) is 0.615. The van der Waals surface area contributed by atoms with Crippen LogP contribution in [0.1, 0.15) is 45.1 Å². The van der Waals surface area contributed by atoms with Gasteiger partial charge in [0.1, 0.15) is 0 Å². The Kier molecular flexibility index (Phi) is 3.20. The minimum atomic E-state index is 0.538. The van der Waals surface area contributed by atoms with Crippen LogP contribution < -0.4 is 0 Å². The Bertz CT molecular complexity index is 598. The van der Waals surface area contributed by atoms with Gasteiger partial charge in [0.2, 0.25) is 0 Å². The van der Waals surface area contributed by atoms with E-state index in [0.29, 0.717) is 12.0 Å². The lowest BCUT2D eigenvalue weighted by molar-refractivity contribution is 0.338. The van der Waals surface area contributed by atoms with Crippen molar-refractivity contribution in [3.63, 3.8) is 0 Å². The van der Waals surface area contributed by atoms with Gasteiger partial charge in [-0.25, -0.2) is 0 Å². The van der Waals surface area contributed by atoms with Crippen LogP contribution in [0.2, 0.25) is 0 Å². The molecule has 0 amide bonds. The van der Waals surface area contributed by atoms with Gasteiger partial charge in [-0.1, -0.05) is 26.2 Å². The van der Waals surface area contributed by atoms with Crippen molar-refractivity contribution >= 4 is 23.3 Å².